The Labute approximate surface area is 217 Å². The highest BCUT2D eigenvalue weighted by atomic mass is 32.2. The minimum Gasteiger partial charge on any atom is -0.402 e. The van der Waals surface area contributed by atoms with E-state index in [-0.39, 0.29) is 5.82 Å². The average Bonchev–Trinajstić information content (AvgIpc) is 2.80. The topological polar surface area (TPSA) is 72.3 Å². The van der Waals surface area contributed by atoms with E-state index in [1.165, 1.54) is 22.3 Å². The maximum atomic E-state index is 14.0. The fourth-order valence-corrected chi connectivity index (χ4v) is 4.95. The van der Waals surface area contributed by atoms with Gasteiger partial charge in [-0.15, -0.1) is 0 Å². The van der Waals surface area contributed by atoms with Crippen LogP contribution in [0.2, 0.25) is 0 Å². The zero-order chi connectivity index (χ0) is 26.6. The summed E-state index contributed by atoms with van der Waals surface area (Å²) in [6.45, 7) is 9.26. The van der Waals surface area contributed by atoms with Crippen LogP contribution in [0.4, 0.5) is 4.39 Å². The molecule has 0 aliphatic heterocycles. The lowest BCUT2D eigenvalue weighted by Gasteiger charge is -2.26. The van der Waals surface area contributed by atoms with Crippen LogP contribution in [0.1, 0.15) is 60.4 Å². The number of aryl methyl sites for hydroxylation is 1. The maximum absolute atomic E-state index is 14.0. The monoisotopic (exact) mass is 507 g/mol. The molecule has 1 aliphatic carbocycles. The Morgan fingerprint density at radius 2 is 1.72 bits per heavy atom. The molecule has 4 nitrogen and oxygen atoms in total. The number of hydrogen-bond donors (Lipinski definition) is 2. The summed E-state index contributed by atoms with van der Waals surface area (Å²) in [6.07, 6.45) is 2.95. The van der Waals surface area contributed by atoms with Gasteiger partial charge in [-0.25, -0.2) is 13.7 Å². The molecule has 192 valence electrons. The van der Waals surface area contributed by atoms with Crippen LogP contribution in [-0.2, 0) is 24.0 Å². The number of hydrogen-bond acceptors (Lipinski definition) is 3. The summed E-state index contributed by atoms with van der Waals surface area (Å²) in [4.78, 5) is 2.75. The lowest BCUT2D eigenvalue weighted by Crippen LogP contribution is -2.15. The van der Waals surface area contributed by atoms with Crippen LogP contribution in [0, 0.1) is 12.7 Å². The van der Waals surface area contributed by atoms with E-state index >= 15 is 0 Å². The fourth-order valence-electron chi connectivity index (χ4n) is 4.55. The number of nitrogens with zero attached hydrogens (tertiary/aromatic N) is 1. The summed E-state index contributed by atoms with van der Waals surface area (Å²) in [7, 11) is 2.65. The van der Waals surface area contributed by atoms with Crippen molar-refractivity contribution in [2.24, 2.45) is 10.9 Å². The van der Waals surface area contributed by atoms with Gasteiger partial charge in [-0.05, 0) is 84.1 Å². The molecule has 0 bridgehead atoms. The van der Waals surface area contributed by atoms with Crippen molar-refractivity contribution in [2.45, 2.75) is 57.4 Å². The molecule has 2 unspecified atom stereocenters. The number of benzene rings is 3. The first-order chi connectivity index (χ1) is 17.0. The third-order valence-corrected chi connectivity index (χ3v) is 7.17. The molecule has 4 N–H and O–H groups in total. The molecule has 0 radical (unpaired) electrons. The quantitative estimate of drug-likeness (QED) is 0.435. The van der Waals surface area contributed by atoms with Gasteiger partial charge in [-0.1, -0.05) is 63.2 Å². The van der Waals surface area contributed by atoms with E-state index in [0.29, 0.717) is 22.3 Å². The summed E-state index contributed by atoms with van der Waals surface area (Å²) < 4.78 is 24.8. The Kier molecular flexibility index (Phi) is 9.23. The molecule has 0 heterocycles. The van der Waals surface area contributed by atoms with E-state index in [2.05, 4.69) is 43.9 Å². The molecule has 0 aromatic heterocycles. The molecule has 6 heteroatoms. The first kappa shape index (κ1) is 27.8. The van der Waals surface area contributed by atoms with Crippen molar-refractivity contribution >= 4 is 11.0 Å². The van der Waals surface area contributed by atoms with Gasteiger partial charge in [0, 0.05) is 24.6 Å². The average molecular weight is 508 g/mol. The van der Waals surface area contributed by atoms with Crippen LogP contribution in [0.3, 0.4) is 0 Å². The molecule has 0 fully saturated rings. The van der Waals surface area contributed by atoms with Crippen molar-refractivity contribution in [1.82, 2.24) is 4.90 Å². The second-order valence-corrected chi connectivity index (χ2v) is 11.2. The summed E-state index contributed by atoms with van der Waals surface area (Å²) >= 11 is 0. The number of allylic oxidation sites excluding steroid dienone is 2. The Morgan fingerprint density at radius 1 is 1.06 bits per heavy atom. The van der Waals surface area contributed by atoms with Gasteiger partial charge in [-0.3, -0.25) is 0 Å². The molecule has 1 aliphatic rings. The number of halogens is 1. The van der Waals surface area contributed by atoms with E-state index < -0.39 is 11.0 Å². The van der Waals surface area contributed by atoms with Crippen LogP contribution >= 0.6 is 0 Å². The van der Waals surface area contributed by atoms with Crippen molar-refractivity contribution in [3.8, 4) is 11.1 Å². The Hall–Kier alpha value is -2.80. The highest BCUT2D eigenvalue weighted by Gasteiger charge is 2.21. The summed E-state index contributed by atoms with van der Waals surface area (Å²) in [5.74, 6) is 0.562. The van der Waals surface area contributed by atoms with Gasteiger partial charge in [-0.2, -0.15) is 0 Å². The van der Waals surface area contributed by atoms with Gasteiger partial charge in [0.25, 0.3) is 0 Å². The molecular formula is C30H38FN3OS. The summed E-state index contributed by atoms with van der Waals surface area (Å²) in [5, 5.41) is 5.23. The molecule has 0 amide bonds. The zero-order valence-corrected chi connectivity index (χ0v) is 23.0. The lowest BCUT2D eigenvalue weighted by atomic mass is 9.80. The van der Waals surface area contributed by atoms with Gasteiger partial charge in [0.15, 0.2) is 0 Å². The number of fused-ring (bicyclic) bond motifs is 1. The molecule has 36 heavy (non-hydrogen) atoms. The standard InChI is InChI=1S/C21H24FN.C9H14N2OS/c1-12(2)18-8-16(15-6-5-13(3)21(22)10-15)9-19-14(4)7-17(23)11-20(18)19;1-11(2)7-8-3-5-9(6-4-8)13(10)12/h5-10,12,14H,11,23H2,1-4H3;3-6H,7,10H2,1-2H3. The molecule has 3 aromatic rings. The van der Waals surface area contributed by atoms with Crippen LogP contribution in [0.15, 0.2) is 71.3 Å². The SMILES string of the molecule is CN(C)Cc1ccc(S(N)=O)cc1.Cc1ccc(-c2cc(C(C)C)c3c(c2)C(C)C=C(N)C3)cc1F. The van der Waals surface area contributed by atoms with Crippen molar-refractivity contribution in [2.75, 3.05) is 14.1 Å². The highest BCUT2D eigenvalue weighted by molar-refractivity contribution is 7.82. The van der Waals surface area contributed by atoms with Crippen molar-refractivity contribution in [3.05, 3.63) is 100 Å². The second kappa shape index (κ2) is 12.0. The van der Waals surface area contributed by atoms with E-state index in [4.69, 9.17) is 10.9 Å². The molecule has 3 aromatic carbocycles. The molecule has 0 saturated heterocycles. The lowest BCUT2D eigenvalue weighted by molar-refractivity contribution is 0.402. The Bertz CT molecular complexity index is 1270. The zero-order valence-electron chi connectivity index (χ0n) is 22.1. The van der Waals surface area contributed by atoms with Crippen LogP contribution < -0.4 is 10.9 Å². The van der Waals surface area contributed by atoms with Crippen LogP contribution in [0.25, 0.3) is 11.1 Å². The summed E-state index contributed by atoms with van der Waals surface area (Å²) in [6, 6.07) is 17.4. The first-order valence-electron chi connectivity index (χ1n) is 12.3. The highest BCUT2D eigenvalue weighted by Crippen LogP contribution is 2.37. The van der Waals surface area contributed by atoms with Crippen molar-refractivity contribution in [3.63, 3.8) is 0 Å². The van der Waals surface area contributed by atoms with Gasteiger partial charge in [0.1, 0.15) is 16.8 Å². The second-order valence-electron chi connectivity index (χ2n) is 10.1. The largest absolute Gasteiger partial charge is 0.402 e. The van der Waals surface area contributed by atoms with Crippen molar-refractivity contribution in [1.29, 1.82) is 0 Å². The predicted molar refractivity (Wildman–Crippen MR) is 149 cm³/mol. The van der Waals surface area contributed by atoms with Gasteiger partial charge in [0.05, 0.1) is 4.90 Å². The number of nitrogens with two attached hydrogens (primary N) is 2. The van der Waals surface area contributed by atoms with Crippen molar-refractivity contribution < 1.29 is 8.60 Å². The minimum atomic E-state index is -1.36. The predicted octanol–water partition coefficient (Wildman–Crippen LogP) is 6.16. The van der Waals surface area contributed by atoms with E-state index in [0.717, 1.165) is 29.8 Å². The summed E-state index contributed by atoms with van der Waals surface area (Å²) in [5.41, 5.74) is 14.9. The normalized spacial score (nSPS) is 15.7. The molecular weight excluding hydrogens is 469 g/mol. The van der Waals surface area contributed by atoms with E-state index in [1.807, 2.05) is 38.4 Å². The van der Waals surface area contributed by atoms with Gasteiger partial charge < -0.3 is 10.6 Å². The Morgan fingerprint density at radius 3 is 2.28 bits per heavy atom. The van der Waals surface area contributed by atoms with E-state index in [1.54, 1.807) is 25.1 Å². The smallest absolute Gasteiger partial charge is 0.126 e. The molecule has 0 spiro atoms. The third kappa shape index (κ3) is 6.90. The fraction of sp³-hybridized carbons (Fsp3) is 0.333. The molecule has 0 saturated carbocycles. The van der Waals surface area contributed by atoms with E-state index in [9.17, 15) is 8.60 Å². The Balaban J connectivity index is 0.000000236. The third-order valence-electron chi connectivity index (χ3n) is 6.44. The van der Waals surface area contributed by atoms with Crippen LogP contribution in [-0.4, -0.2) is 23.2 Å². The maximum Gasteiger partial charge on any atom is 0.126 e. The first-order valence-corrected chi connectivity index (χ1v) is 13.5. The number of rotatable bonds is 5. The molecule has 2 atom stereocenters. The minimum absolute atomic E-state index is 0.150. The van der Waals surface area contributed by atoms with Gasteiger partial charge >= 0.3 is 0 Å². The van der Waals surface area contributed by atoms with Crippen LogP contribution in [0.5, 0.6) is 0 Å². The van der Waals surface area contributed by atoms with Gasteiger partial charge in [0.2, 0.25) is 0 Å². The molecule has 4 rings (SSSR count).